The molecule has 3 aliphatic rings. The summed E-state index contributed by atoms with van der Waals surface area (Å²) in [7, 11) is 0. The lowest BCUT2D eigenvalue weighted by molar-refractivity contribution is -0.147. The second-order valence-corrected chi connectivity index (χ2v) is 9.67. The van der Waals surface area contributed by atoms with Gasteiger partial charge < -0.3 is 25.8 Å². The Labute approximate surface area is 198 Å². The van der Waals surface area contributed by atoms with Crippen molar-refractivity contribution in [1.29, 1.82) is 0 Å². The molecule has 0 aliphatic heterocycles. The van der Waals surface area contributed by atoms with Gasteiger partial charge in [-0.3, -0.25) is 14.4 Å². The van der Waals surface area contributed by atoms with Gasteiger partial charge in [-0.25, -0.2) is 0 Å². The van der Waals surface area contributed by atoms with Gasteiger partial charge in [0.05, 0.1) is 12.2 Å². The van der Waals surface area contributed by atoms with E-state index < -0.39 is 46.2 Å². The van der Waals surface area contributed by atoms with Gasteiger partial charge in [-0.1, -0.05) is 13.3 Å². The molecule has 9 heteroatoms. The van der Waals surface area contributed by atoms with Crippen molar-refractivity contribution in [1.82, 2.24) is 0 Å². The Morgan fingerprint density at radius 3 is 2.66 bits per heavy atom. The van der Waals surface area contributed by atoms with E-state index in [1.54, 1.807) is 6.07 Å². The van der Waals surface area contributed by atoms with Crippen LogP contribution in [0, 0.1) is 15.4 Å². The minimum Gasteiger partial charge on any atom is -0.508 e. The van der Waals surface area contributed by atoms with Gasteiger partial charge in [0.1, 0.15) is 22.8 Å². The molecule has 1 saturated carbocycles. The standard InChI is InChI=1S/C23H24INO7/c1-2-3-6-32-15-5-4-13(24)12-8-10-7-11-9-14(26)18(22(25)30)21(29)23(11,31)20(28)16(10)19(27)17(12)15/h4-5,10-11,27,29,31H,2-3,6-9H2,1H3,(H2,25,30)/t10-,11+,23+/m1/s1. The van der Waals surface area contributed by atoms with Crippen LogP contribution in [0.25, 0.3) is 5.76 Å². The lowest BCUT2D eigenvalue weighted by atomic mass is 9.59. The van der Waals surface area contributed by atoms with Gasteiger partial charge in [0, 0.05) is 21.5 Å². The van der Waals surface area contributed by atoms with E-state index in [1.165, 1.54) is 0 Å². The number of hydrogen-bond acceptors (Lipinski definition) is 7. The molecule has 4 rings (SSSR count). The fraction of sp³-hybridized carbons (Fsp3) is 0.435. The molecule has 3 aliphatic carbocycles. The third-order valence-electron chi connectivity index (χ3n) is 6.63. The molecule has 3 atom stereocenters. The largest absolute Gasteiger partial charge is 0.508 e. The Morgan fingerprint density at radius 2 is 2.00 bits per heavy atom. The van der Waals surface area contributed by atoms with E-state index in [0.717, 1.165) is 22.0 Å². The number of ketones is 2. The number of aliphatic hydroxyl groups excluding tert-OH is 2. The molecule has 0 spiro atoms. The van der Waals surface area contributed by atoms with Crippen molar-refractivity contribution < 1.29 is 34.4 Å². The molecular formula is C23H24INO7. The fourth-order valence-electron chi connectivity index (χ4n) is 5.02. The predicted molar refractivity (Wildman–Crippen MR) is 123 cm³/mol. The normalized spacial score (nSPS) is 27.1. The van der Waals surface area contributed by atoms with E-state index >= 15 is 0 Å². The highest BCUT2D eigenvalue weighted by atomic mass is 127. The third kappa shape index (κ3) is 3.24. The van der Waals surface area contributed by atoms with E-state index in [9.17, 15) is 29.7 Å². The number of rotatable bonds is 5. The molecule has 0 aromatic heterocycles. The lowest BCUT2D eigenvalue weighted by Crippen LogP contribution is -2.58. The molecule has 0 bridgehead atoms. The number of nitrogens with two attached hydrogens (primary N) is 1. The molecule has 1 aromatic rings. The van der Waals surface area contributed by atoms with Gasteiger partial charge in [-0.05, 0) is 65.5 Å². The maximum Gasteiger partial charge on any atom is 0.255 e. The fourth-order valence-corrected chi connectivity index (χ4v) is 5.69. The molecule has 0 unspecified atom stereocenters. The number of carbonyl (C=O) groups excluding carboxylic acids is 3. The first-order chi connectivity index (χ1) is 15.1. The van der Waals surface area contributed by atoms with Gasteiger partial charge in [-0.15, -0.1) is 0 Å². The minimum absolute atomic E-state index is 0.0247. The van der Waals surface area contributed by atoms with E-state index in [1.807, 2.05) is 13.0 Å². The Hall–Kier alpha value is -2.40. The molecular weight excluding hydrogens is 529 g/mol. The van der Waals surface area contributed by atoms with Crippen molar-refractivity contribution >= 4 is 45.8 Å². The first-order valence-electron chi connectivity index (χ1n) is 10.5. The average Bonchev–Trinajstić information content (AvgIpc) is 2.72. The van der Waals surface area contributed by atoms with Gasteiger partial charge in [0.15, 0.2) is 11.4 Å². The molecule has 0 radical (unpaired) electrons. The Balaban J connectivity index is 1.87. The summed E-state index contributed by atoms with van der Waals surface area (Å²) in [5.41, 5.74) is 3.18. The summed E-state index contributed by atoms with van der Waals surface area (Å²) in [6.45, 7) is 2.48. The second kappa shape index (κ2) is 8.18. The van der Waals surface area contributed by atoms with Gasteiger partial charge >= 0.3 is 0 Å². The number of benzene rings is 1. The Kier molecular flexibility index (Phi) is 5.83. The van der Waals surface area contributed by atoms with E-state index in [-0.39, 0.29) is 24.2 Å². The summed E-state index contributed by atoms with van der Waals surface area (Å²) >= 11 is 2.16. The number of aliphatic hydroxyl groups is 3. The number of unbranched alkanes of at least 4 members (excludes halogenated alkanes) is 1. The average molecular weight is 553 g/mol. The smallest absolute Gasteiger partial charge is 0.255 e. The topological polar surface area (TPSA) is 147 Å². The quantitative estimate of drug-likeness (QED) is 0.249. The maximum absolute atomic E-state index is 13.5. The Morgan fingerprint density at radius 1 is 1.28 bits per heavy atom. The van der Waals surface area contributed by atoms with Crippen molar-refractivity contribution in [2.75, 3.05) is 6.61 Å². The first-order valence-corrected chi connectivity index (χ1v) is 11.6. The van der Waals surface area contributed by atoms with Gasteiger partial charge in [-0.2, -0.15) is 0 Å². The van der Waals surface area contributed by atoms with Crippen LogP contribution in [0.5, 0.6) is 5.75 Å². The molecule has 1 aromatic carbocycles. The summed E-state index contributed by atoms with van der Waals surface area (Å²) in [6.07, 6.45) is 2.06. The van der Waals surface area contributed by atoms with Crippen LogP contribution in [0.15, 0.2) is 29.0 Å². The number of primary amides is 1. The molecule has 0 saturated heterocycles. The van der Waals surface area contributed by atoms with Crippen LogP contribution in [-0.4, -0.2) is 45.0 Å². The SMILES string of the molecule is CCCCOc1ccc(I)c2c1C(O)=C1C(=O)[C@]3(O)C(O)=C(C(N)=O)C(=O)C[C@@H]3C[C@@H]1C2. The van der Waals surface area contributed by atoms with Gasteiger partial charge in [0.2, 0.25) is 5.78 Å². The van der Waals surface area contributed by atoms with Crippen LogP contribution < -0.4 is 10.5 Å². The molecule has 32 heavy (non-hydrogen) atoms. The summed E-state index contributed by atoms with van der Waals surface area (Å²) in [6, 6.07) is 3.62. The highest BCUT2D eigenvalue weighted by Crippen LogP contribution is 2.52. The first kappa shape index (κ1) is 22.8. The zero-order valence-electron chi connectivity index (χ0n) is 17.5. The summed E-state index contributed by atoms with van der Waals surface area (Å²) in [5, 5.41) is 33.1. The van der Waals surface area contributed by atoms with Crippen LogP contribution in [0.4, 0.5) is 0 Å². The molecule has 1 fully saturated rings. The Bertz CT molecular complexity index is 1110. The molecule has 1 amide bonds. The van der Waals surface area contributed by atoms with Crippen molar-refractivity contribution in [3.63, 3.8) is 0 Å². The molecule has 170 valence electrons. The van der Waals surface area contributed by atoms with Crippen LogP contribution >= 0.6 is 22.6 Å². The lowest BCUT2D eigenvalue weighted by Gasteiger charge is -2.46. The van der Waals surface area contributed by atoms with Crippen LogP contribution in [0.2, 0.25) is 0 Å². The van der Waals surface area contributed by atoms with Crippen LogP contribution in [-0.2, 0) is 20.8 Å². The number of ether oxygens (including phenoxy) is 1. The van der Waals surface area contributed by atoms with Crippen molar-refractivity contribution in [3.05, 3.63) is 43.7 Å². The van der Waals surface area contributed by atoms with E-state index in [0.29, 0.717) is 24.3 Å². The van der Waals surface area contributed by atoms with Gasteiger partial charge in [0.25, 0.3) is 5.91 Å². The summed E-state index contributed by atoms with van der Waals surface area (Å²) in [4.78, 5) is 37.6. The van der Waals surface area contributed by atoms with E-state index in [2.05, 4.69) is 22.6 Å². The molecule has 5 N–H and O–H groups in total. The number of amides is 1. The van der Waals surface area contributed by atoms with Crippen molar-refractivity contribution in [2.24, 2.45) is 17.6 Å². The predicted octanol–water partition coefficient (Wildman–Crippen LogP) is 2.50. The highest BCUT2D eigenvalue weighted by molar-refractivity contribution is 14.1. The summed E-state index contributed by atoms with van der Waals surface area (Å²) in [5.74, 6) is -5.08. The van der Waals surface area contributed by atoms with E-state index in [4.69, 9.17) is 10.5 Å². The number of Topliss-reactive ketones (excluding diaryl/α,β-unsaturated/α-hetero) is 2. The second-order valence-electron chi connectivity index (χ2n) is 8.51. The maximum atomic E-state index is 13.5. The molecule has 0 heterocycles. The van der Waals surface area contributed by atoms with Crippen molar-refractivity contribution in [3.8, 4) is 5.75 Å². The monoisotopic (exact) mass is 553 g/mol. The third-order valence-corrected chi connectivity index (χ3v) is 7.64. The summed E-state index contributed by atoms with van der Waals surface area (Å²) < 4.78 is 6.77. The van der Waals surface area contributed by atoms with Crippen LogP contribution in [0.3, 0.4) is 0 Å². The van der Waals surface area contributed by atoms with Crippen molar-refractivity contribution in [2.45, 2.75) is 44.6 Å². The number of carbonyl (C=O) groups is 3. The van der Waals surface area contributed by atoms with Crippen LogP contribution in [0.1, 0.15) is 43.7 Å². The highest BCUT2D eigenvalue weighted by Gasteiger charge is 2.60. The molecule has 8 nitrogen and oxygen atoms in total. The minimum atomic E-state index is -2.49. The zero-order valence-corrected chi connectivity index (χ0v) is 19.6. The number of fused-ring (bicyclic) bond motifs is 3. The number of halogens is 1. The number of hydrogen-bond donors (Lipinski definition) is 4. The zero-order chi connectivity index (χ0) is 23.4.